The summed E-state index contributed by atoms with van der Waals surface area (Å²) in [7, 11) is 0. The maximum atomic E-state index is 14.2. The highest BCUT2D eigenvalue weighted by Crippen LogP contribution is 2.28. The summed E-state index contributed by atoms with van der Waals surface area (Å²) in [6.45, 7) is -0.354. The van der Waals surface area contributed by atoms with E-state index in [4.69, 9.17) is 22.0 Å². The first kappa shape index (κ1) is 16.4. The minimum absolute atomic E-state index is 0.0242. The molecule has 0 aliphatic rings. The second-order valence-corrected chi connectivity index (χ2v) is 5.49. The van der Waals surface area contributed by atoms with Gasteiger partial charge >= 0.3 is 0 Å². The topological polar surface area (TPSA) is 85.9 Å². The number of aliphatic hydroxyl groups excluding tert-OH is 1. The summed E-state index contributed by atoms with van der Waals surface area (Å²) in [4.78, 5) is 12.7. The van der Waals surface area contributed by atoms with Crippen molar-refractivity contribution >= 4 is 34.1 Å². The third kappa shape index (κ3) is 2.63. The van der Waals surface area contributed by atoms with Crippen LogP contribution < -0.4 is 5.23 Å². The maximum Gasteiger partial charge on any atom is 0.262 e. The van der Waals surface area contributed by atoms with Crippen molar-refractivity contribution in [1.82, 2.24) is 4.57 Å². The molecule has 2 aromatic carbocycles. The molecule has 0 unspecified atom stereocenters. The van der Waals surface area contributed by atoms with Crippen molar-refractivity contribution in [3.8, 4) is 0 Å². The van der Waals surface area contributed by atoms with E-state index in [0.29, 0.717) is 10.9 Å². The Morgan fingerprint density at radius 1 is 1.25 bits per heavy atom. The molecule has 6 nitrogen and oxygen atoms in total. The maximum absolute atomic E-state index is 14.2. The monoisotopic (exact) mass is 350 g/mol. The van der Waals surface area contributed by atoms with E-state index in [9.17, 15) is 14.3 Å². The summed E-state index contributed by atoms with van der Waals surface area (Å²) in [6, 6.07) is 8.16. The van der Waals surface area contributed by atoms with Gasteiger partial charge in [0.15, 0.2) is 0 Å². The standard InChI is InChI=1S/C16H12ClFN2O4/c17-12-5-4-9(6-14(12)20(23)24)16(22)19-7-10(8-21)11-2-1-3-13(18)15(11)19/h1-7,21,23-24H,8H2. The quantitative estimate of drug-likeness (QED) is 0.631. The van der Waals surface area contributed by atoms with Gasteiger partial charge in [-0.05, 0) is 24.3 Å². The molecule has 0 bridgehead atoms. The van der Waals surface area contributed by atoms with E-state index in [1.165, 1.54) is 30.5 Å². The number of aromatic nitrogens is 1. The fraction of sp³-hybridized carbons (Fsp3) is 0.0625. The second-order valence-electron chi connectivity index (χ2n) is 5.08. The number of carbonyl (C=O) groups excluding carboxylic acids is 1. The highest BCUT2D eigenvalue weighted by molar-refractivity contribution is 6.33. The first-order valence-corrected chi connectivity index (χ1v) is 7.23. The summed E-state index contributed by atoms with van der Waals surface area (Å²) in [5.74, 6) is -1.22. The van der Waals surface area contributed by atoms with E-state index in [1.54, 1.807) is 6.07 Å². The van der Waals surface area contributed by atoms with Gasteiger partial charge in [-0.2, -0.15) is 0 Å². The summed E-state index contributed by atoms with van der Waals surface area (Å²) < 4.78 is 15.3. The normalized spacial score (nSPS) is 11.0. The number of rotatable bonds is 3. The molecule has 24 heavy (non-hydrogen) atoms. The zero-order valence-corrected chi connectivity index (χ0v) is 12.9. The van der Waals surface area contributed by atoms with Gasteiger partial charge in [0.2, 0.25) is 0 Å². The van der Waals surface area contributed by atoms with E-state index < -0.39 is 11.7 Å². The van der Waals surface area contributed by atoms with Crippen molar-refractivity contribution in [1.29, 1.82) is 0 Å². The van der Waals surface area contributed by atoms with Crippen LogP contribution in [-0.2, 0) is 6.61 Å². The van der Waals surface area contributed by atoms with Gasteiger partial charge in [0.1, 0.15) is 11.5 Å². The number of fused-ring (bicyclic) bond motifs is 1. The lowest BCUT2D eigenvalue weighted by Gasteiger charge is -2.12. The number of benzene rings is 2. The van der Waals surface area contributed by atoms with Gasteiger partial charge in [-0.25, -0.2) is 4.39 Å². The predicted octanol–water partition coefficient (Wildman–Crippen LogP) is 3.20. The summed E-state index contributed by atoms with van der Waals surface area (Å²) >= 11 is 5.82. The highest BCUT2D eigenvalue weighted by Gasteiger charge is 2.19. The Balaban J connectivity index is 2.18. The molecular formula is C16H12ClFN2O4. The average Bonchev–Trinajstić information content (AvgIpc) is 2.94. The lowest BCUT2D eigenvalue weighted by Crippen LogP contribution is -2.15. The molecule has 124 valence electrons. The largest absolute Gasteiger partial charge is 0.392 e. The van der Waals surface area contributed by atoms with Gasteiger partial charge in [-0.1, -0.05) is 23.7 Å². The van der Waals surface area contributed by atoms with Crippen LogP contribution in [0.1, 0.15) is 15.9 Å². The molecule has 3 aromatic rings. The third-order valence-electron chi connectivity index (χ3n) is 3.66. The van der Waals surface area contributed by atoms with Crippen LogP contribution in [-0.4, -0.2) is 26.0 Å². The van der Waals surface area contributed by atoms with Crippen LogP contribution in [0.5, 0.6) is 0 Å². The van der Waals surface area contributed by atoms with E-state index in [0.717, 1.165) is 10.6 Å². The van der Waals surface area contributed by atoms with Crippen molar-refractivity contribution < 1.29 is 24.7 Å². The van der Waals surface area contributed by atoms with Gasteiger partial charge in [0.05, 0.1) is 17.1 Å². The van der Waals surface area contributed by atoms with Crippen molar-refractivity contribution in [3.63, 3.8) is 0 Å². The molecule has 0 radical (unpaired) electrons. The smallest absolute Gasteiger partial charge is 0.262 e. The first-order chi connectivity index (χ1) is 11.4. The third-order valence-corrected chi connectivity index (χ3v) is 3.98. The zero-order valence-electron chi connectivity index (χ0n) is 12.1. The number of nitrogens with zero attached hydrogens (tertiary/aromatic N) is 2. The summed E-state index contributed by atoms with van der Waals surface area (Å²) in [6.07, 6.45) is 1.35. The lowest BCUT2D eigenvalue weighted by atomic mass is 10.1. The van der Waals surface area contributed by atoms with E-state index >= 15 is 0 Å². The first-order valence-electron chi connectivity index (χ1n) is 6.85. The molecule has 0 aliphatic carbocycles. The number of anilines is 1. The molecule has 0 amide bonds. The number of aliphatic hydroxyl groups is 1. The molecular weight excluding hydrogens is 339 g/mol. The molecule has 8 heteroatoms. The molecule has 0 saturated heterocycles. The number of halogens is 2. The second kappa shape index (κ2) is 6.21. The average molecular weight is 351 g/mol. The Hall–Kier alpha value is -2.45. The van der Waals surface area contributed by atoms with Crippen LogP contribution in [0.25, 0.3) is 10.9 Å². The Kier molecular flexibility index (Phi) is 4.25. The van der Waals surface area contributed by atoms with Crippen LogP contribution in [0.3, 0.4) is 0 Å². The van der Waals surface area contributed by atoms with E-state index in [2.05, 4.69) is 0 Å². The fourth-order valence-electron chi connectivity index (χ4n) is 2.53. The van der Waals surface area contributed by atoms with Crippen LogP contribution in [0.2, 0.25) is 5.02 Å². The fourth-order valence-corrected chi connectivity index (χ4v) is 2.73. The zero-order chi connectivity index (χ0) is 17.4. The van der Waals surface area contributed by atoms with E-state index in [1.807, 2.05) is 0 Å². The summed E-state index contributed by atoms with van der Waals surface area (Å²) in [5.41, 5.74) is 0.305. The van der Waals surface area contributed by atoms with Gasteiger partial charge in [0, 0.05) is 22.7 Å². The highest BCUT2D eigenvalue weighted by atomic mass is 35.5. The molecule has 0 atom stereocenters. The molecule has 3 N–H and O–H groups in total. The number of para-hydroxylation sites is 1. The Bertz CT molecular complexity index is 939. The van der Waals surface area contributed by atoms with Crippen LogP contribution >= 0.6 is 11.6 Å². The van der Waals surface area contributed by atoms with E-state index in [-0.39, 0.29) is 33.6 Å². The Morgan fingerprint density at radius 3 is 2.67 bits per heavy atom. The Labute approximate surface area is 140 Å². The predicted molar refractivity (Wildman–Crippen MR) is 85.1 cm³/mol. The number of carbonyl (C=O) groups is 1. The molecule has 3 rings (SSSR count). The Morgan fingerprint density at radius 2 is 2.00 bits per heavy atom. The molecule has 0 aliphatic heterocycles. The minimum atomic E-state index is -0.610. The lowest BCUT2D eigenvalue weighted by molar-refractivity contribution is 0.0292. The number of hydrogen-bond acceptors (Lipinski definition) is 5. The molecule has 0 fully saturated rings. The van der Waals surface area contributed by atoms with Gasteiger partial charge < -0.3 is 5.11 Å². The SMILES string of the molecule is O=C(c1ccc(Cl)c(N(O)O)c1)n1cc(CO)c2cccc(F)c21. The van der Waals surface area contributed by atoms with Crippen molar-refractivity contribution in [2.45, 2.75) is 6.61 Å². The summed E-state index contributed by atoms with van der Waals surface area (Å²) in [5, 5.41) is 27.9. The van der Waals surface area contributed by atoms with Crippen molar-refractivity contribution in [2.24, 2.45) is 0 Å². The number of hydrogen-bond donors (Lipinski definition) is 3. The van der Waals surface area contributed by atoms with Crippen molar-refractivity contribution in [3.05, 3.63) is 64.6 Å². The molecule has 1 aromatic heterocycles. The van der Waals surface area contributed by atoms with Crippen molar-refractivity contribution in [2.75, 3.05) is 5.23 Å². The molecule has 0 spiro atoms. The molecule has 0 saturated carbocycles. The van der Waals surface area contributed by atoms with Gasteiger partial charge in [-0.3, -0.25) is 19.8 Å². The van der Waals surface area contributed by atoms with Gasteiger partial charge in [-0.15, -0.1) is 5.23 Å². The van der Waals surface area contributed by atoms with Gasteiger partial charge in [0.25, 0.3) is 5.91 Å². The van der Waals surface area contributed by atoms with Crippen LogP contribution in [0.15, 0.2) is 42.6 Å². The van der Waals surface area contributed by atoms with Crippen LogP contribution in [0.4, 0.5) is 10.1 Å². The molecule has 1 heterocycles. The minimum Gasteiger partial charge on any atom is -0.392 e. The van der Waals surface area contributed by atoms with Crippen LogP contribution in [0, 0.1) is 5.82 Å².